The van der Waals surface area contributed by atoms with E-state index in [0.29, 0.717) is 49.9 Å². The third-order valence-corrected chi connectivity index (χ3v) is 10.6. The zero-order valence-electron chi connectivity index (χ0n) is 30.3. The molecule has 4 aliphatic heterocycles. The fraction of sp³-hybridized carbons (Fsp3) is 0.526. The Morgan fingerprint density at radius 2 is 1.04 bits per heavy atom. The van der Waals surface area contributed by atoms with Crippen molar-refractivity contribution in [1.29, 1.82) is 0 Å². The second kappa shape index (κ2) is 15.8. The van der Waals surface area contributed by atoms with E-state index in [4.69, 9.17) is 18.5 Å². The first-order chi connectivity index (χ1) is 25.3. The van der Waals surface area contributed by atoms with Crippen LogP contribution in [0.15, 0.2) is 69.5 Å². The van der Waals surface area contributed by atoms with Crippen molar-refractivity contribution in [3.05, 3.63) is 95.4 Å². The Balaban J connectivity index is 0.000000162. The van der Waals surface area contributed by atoms with Gasteiger partial charge in [-0.15, -0.1) is 20.4 Å². The molecule has 0 spiro atoms. The average Bonchev–Trinajstić information content (AvgIpc) is 3.98. The number of hydrogen-bond acceptors (Lipinski definition) is 10. The highest BCUT2D eigenvalue weighted by atomic mass is 16.7. The summed E-state index contributed by atoms with van der Waals surface area (Å²) in [5, 5.41) is 19.8. The molecule has 0 N–H and O–H groups in total. The number of amides is 4. The summed E-state index contributed by atoms with van der Waals surface area (Å²) in [5.74, 6) is 2.83. The smallest absolute Gasteiger partial charge is 0.345 e. The molecule has 14 heteroatoms. The summed E-state index contributed by atoms with van der Waals surface area (Å²) in [5.41, 5.74) is 2.09. The van der Waals surface area contributed by atoms with Gasteiger partial charge >= 0.3 is 12.1 Å². The fourth-order valence-corrected chi connectivity index (χ4v) is 7.06. The van der Waals surface area contributed by atoms with Crippen molar-refractivity contribution in [2.24, 2.45) is 0 Å². The maximum Gasteiger partial charge on any atom is 0.345 e. The number of carbonyl (C=O) groups is 2. The zero-order valence-corrected chi connectivity index (χ0v) is 30.3. The first kappa shape index (κ1) is 35.6. The van der Waals surface area contributed by atoms with Gasteiger partial charge in [-0.3, -0.25) is 9.68 Å². The minimum atomic E-state index is -0.158. The quantitative estimate of drug-likeness (QED) is 0.147. The minimum Gasteiger partial charge on any atom is -0.423 e. The standard InChI is InChI=1S/2C19H24N4O3/c2*1-3-13(2)17-20-21-18(26-17)16-10-9-15-11-22(16)19(24)23(15)25-12-14-7-5-4-6-8-14/h2*4-8,13,15-16H,3,9-12H2,1-2H3/t13-,15+,16-;13-,15-,16+/m01/s1. The molecule has 14 nitrogen and oxygen atoms in total. The number of hydroxylamine groups is 4. The van der Waals surface area contributed by atoms with Crippen molar-refractivity contribution in [2.45, 2.75) is 115 Å². The van der Waals surface area contributed by atoms with Gasteiger partial charge < -0.3 is 18.6 Å². The van der Waals surface area contributed by atoms with E-state index in [0.717, 1.165) is 49.7 Å². The van der Waals surface area contributed by atoms with Gasteiger partial charge in [0, 0.05) is 24.9 Å². The first-order valence-corrected chi connectivity index (χ1v) is 18.5. The van der Waals surface area contributed by atoms with Crippen molar-refractivity contribution in [3.8, 4) is 0 Å². The molecule has 4 bridgehead atoms. The van der Waals surface area contributed by atoms with Crippen molar-refractivity contribution in [3.63, 3.8) is 0 Å². The Bertz CT molecular complexity index is 1660. The van der Waals surface area contributed by atoms with E-state index < -0.39 is 0 Å². The van der Waals surface area contributed by atoms with Gasteiger partial charge in [0.1, 0.15) is 25.3 Å². The zero-order chi connectivity index (χ0) is 36.2. The molecule has 0 unspecified atom stereocenters. The molecule has 4 fully saturated rings. The molecular formula is C38H48N8O6. The Morgan fingerprint density at radius 3 is 1.42 bits per heavy atom. The van der Waals surface area contributed by atoms with E-state index in [1.807, 2.05) is 60.7 Å². The lowest BCUT2D eigenvalue weighted by Crippen LogP contribution is -2.34. The maximum absolute atomic E-state index is 12.8. The number of benzene rings is 2. The van der Waals surface area contributed by atoms with E-state index in [9.17, 15) is 9.59 Å². The molecule has 0 saturated carbocycles. The third-order valence-electron chi connectivity index (χ3n) is 10.6. The lowest BCUT2D eigenvalue weighted by molar-refractivity contribution is -0.140. The van der Waals surface area contributed by atoms with Crippen molar-refractivity contribution >= 4 is 12.1 Å². The molecule has 2 aromatic heterocycles. The molecule has 2 aromatic carbocycles. The SMILES string of the molecule is CC[C@@H](C)c1nnc([C@@H]2CC[C@@H]3CN2C(=O)N3OCc2ccccc2)o1.CC[C@H](C)c1nnc([C@@H]2CC[C@@H]3CN2C(=O)N3OCc2ccccc2)o1. The van der Waals surface area contributed by atoms with Gasteiger partial charge in [0.25, 0.3) is 0 Å². The summed E-state index contributed by atoms with van der Waals surface area (Å²) < 4.78 is 11.7. The van der Waals surface area contributed by atoms with E-state index in [2.05, 4.69) is 48.1 Å². The van der Waals surface area contributed by atoms with Gasteiger partial charge in [0.05, 0.1) is 12.1 Å². The predicted octanol–water partition coefficient (Wildman–Crippen LogP) is 7.31. The van der Waals surface area contributed by atoms with Crippen LogP contribution in [0.5, 0.6) is 0 Å². The van der Waals surface area contributed by atoms with Gasteiger partial charge in [-0.2, -0.15) is 10.1 Å². The van der Waals surface area contributed by atoms with Gasteiger partial charge in [-0.25, -0.2) is 9.59 Å². The van der Waals surface area contributed by atoms with Crippen LogP contribution >= 0.6 is 0 Å². The normalized spacial score (nSPS) is 23.5. The lowest BCUT2D eigenvalue weighted by atomic mass is 10.0. The highest BCUT2D eigenvalue weighted by Gasteiger charge is 2.49. The highest BCUT2D eigenvalue weighted by molar-refractivity contribution is 5.77. The summed E-state index contributed by atoms with van der Waals surface area (Å²) in [7, 11) is 0. The second-order valence-corrected chi connectivity index (χ2v) is 14.1. The predicted molar refractivity (Wildman–Crippen MR) is 188 cm³/mol. The van der Waals surface area contributed by atoms with Gasteiger partial charge in [-0.1, -0.05) is 88.4 Å². The van der Waals surface area contributed by atoms with Crippen molar-refractivity contribution in [2.75, 3.05) is 13.1 Å². The number of carbonyl (C=O) groups excluding carboxylic acids is 2. The molecule has 0 radical (unpaired) electrons. The molecule has 4 aliphatic rings. The van der Waals surface area contributed by atoms with Crippen LogP contribution in [0, 0.1) is 0 Å². The van der Waals surface area contributed by atoms with Crippen LogP contribution in [-0.4, -0.2) is 77.6 Å². The van der Waals surface area contributed by atoms with Gasteiger partial charge in [0.15, 0.2) is 0 Å². The van der Waals surface area contributed by atoms with Gasteiger partial charge in [0.2, 0.25) is 23.6 Å². The number of urea groups is 2. The molecule has 4 aromatic rings. The molecule has 8 rings (SSSR count). The first-order valence-electron chi connectivity index (χ1n) is 18.5. The molecule has 276 valence electrons. The number of aromatic nitrogens is 4. The second-order valence-electron chi connectivity index (χ2n) is 14.1. The van der Waals surface area contributed by atoms with Crippen LogP contribution < -0.4 is 0 Å². The summed E-state index contributed by atoms with van der Waals surface area (Å²) >= 11 is 0. The molecule has 4 amide bonds. The maximum atomic E-state index is 12.8. The van der Waals surface area contributed by atoms with Crippen LogP contribution in [0.2, 0.25) is 0 Å². The summed E-state index contributed by atoms with van der Waals surface area (Å²) in [6, 6.07) is 19.4. The van der Waals surface area contributed by atoms with Crippen molar-refractivity contribution < 1.29 is 28.1 Å². The van der Waals surface area contributed by atoms with Crippen LogP contribution in [0.25, 0.3) is 0 Å². The van der Waals surface area contributed by atoms with Crippen LogP contribution in [0.3, 0.4) is 0 Å². The van der Waals surface area contributed by atoms with E-state index in [1.165, 1.54) is 10.1 Å². The molecular weight excluding hydrogens is 664 g/mol. The Kier molecular flexibility index (Phi) is 10.8. The Hall–Kier alpha value is -4.82. The van der Waals surface area contributed by atoms with Crippen molar-refractivity contribution in [1.82, 2.24) is 40.3 Å². The monoisotopic (exact) mass is 712 g/mol. The number of hydrogen-bond donors (Lipinski definition) is 0. The van der Waals surface area contributed by atoms with Crippen LogP contribution in [-0.2, 0) is 22.9 Å². The number of nitrogens with zero attached hydrogens (tertiary/aromatic N) is 8. The number of piperidine rings is 2. The number of fused-ring (bicyclic) bond motifs is 4. The molecule has 52 heavy (non-hydrogen) atoms. The molecule has 4 saturated heterocycles. The van der Waals surface area contributed by atoms with E-state index >= 15 is 0 Å². The minimum absolute atomic E-state index is 0.0828. The molecule has 6 heterocycles. The van der Waals surface area contributed by atoms with E-state index in [-0.39, 0.29) is 48.1 Å². The third kappa shape index (κ3) is 7.40. The van der Waals surface area contributed by atoms with Crippen LogP contribution in [0.4, 0.5) is 9.59 Å². The topological polar surface area (TPSA) is 143 Å². The summed E-state index contributed by atoms with van der Waals surface area (Å²) in [6.07, 6.45) is 5.23. The largest absolute Gasteiger partial charge is 0.423 e. The average molecular weight is 713 g/mol. The van der Waals surface area contributed by atoms with E-state index in [1.54, 1.807) is 9.80 Å². The molecule has 0 aliphatic carbocycles. The molecule has 6 atom stereocenters. The van der Waals surface area contributed by atoms with Crippen LogP contribution in [0.1, 0.15) is 125 Å². The number of rotatable bonds is 12. The summed E-state index contributed by atoms with van der Waals surface area (Å²) in [4.78, 5) is 40.9. The lowest BCUT2D eigenvalue weighted by Gasteiger charge is -2.27. The fourth-order valence-electron chi connectivity index (χ4n) is 7.06. The summed E-state index contributed by atoms with van der Waals surface area (Å²) in [6.45, 7) is 10.4. The highest BCUT2D eigenvalue weighted by Crippen LogP contribution is 2.40. The Morgan fingerprint density at radius 1 is 0.635 bits per heavy atom. The Labute approximate surface area is 304 Å². The van der Waals surface area contributed by atoms with Gasteiger partial charge in [-0.05, 0) is 49.7 Å².